The van der Waals surface area contributed by atoms with Gasteiger partial charge >= 0.3 is 6.18 Å². The monoisotopic (exact) mass is 527 g/mol. The Morgan fingerprint density at radius 1 is 1.08 bits per heavy atom. The quantitative estimate of drug-likeness (QED) is 0.532. The lowest BCUT2D eigenvalue weighted by Crippen LogP contribution is -2.59. The van der Waals surface area contributed by atoms with Crippen molar-refractivity contribution in [1.29, 1.82) is 0 Å². The molecule has 0 bridgehead atoms. The summed E-state index contributed by atoms with van der Waals surface area (Å²) in [5.74, 6) is -1.21. The predicted molar refractivity (Wildman–Crippen MR) is 126 cm³/mol. The molecular formula is C26H29ClF3NO5. The van der Waals surface area contributed by atoms with Gasteiger partial charge in [0.15, 0.2) is 11.4 Å². The van der Waals surface area contributed by atoms with Crippen LogP contribution in [0, 0.1) is 0 Å². The van der Waals surface area contributed by atoms with Crippen LogP contribution in [0.25, 0.3) is 0 Å². The van der Waals surface area contributed by atoms with Gasteiger partial charge in [-0.15, -0.1) is 0 Å². The molecule has 10 heteroatoms. The van der Waals surface area contributed by atoms with Crippen LogP contribution in [0.15, 0.2) is 48.5 Å². The number of amides is 1. The van der Waals surface area contributed by atoms with Crippen molar-refractivity contribution in [3.8, 4) is 0 Å². The minimum atomic E-state index is -4.41. The summed E-state index contributed by atoms with van der Waals surface area (Å²) in [6, 6.07) is 12.0. The zero-order valence-electron chi connectivity index (χ0n) is 20.2. The number of likely N-dealkylation sites (N-methyl/N-ethyl adjacent to an activating group) is 1. The van der Waals surface area contributed by atoms with Gasteiger partial charge in [-0.3, -0.25) is 4.79 Å². The fourth-order valence-corrected chi connectivity index (χ4v) is 4.99. The van der Waals surface area contributed by atoms with Gasteiger partial charge in [0.2, 0.25) is 0 Å². The highest BCUT2D eigenvalue weighted by atomic mass is 35.5. The van der Waals surface area contributed by atoms with Crippen molar-refractivity contribution in [1.82, 2.24) is 5.32 Å². The van der Waals surface area contributed by atoms with Crippen LogP contribution >= 0.6 is 11.6 Å². The van der Waals surface area contributed by atoms with Crippen molar-refractivity contribution in [3.05, 3.63) is 70.2 Å². The number of fused-ring (bicyclic) bond motifs is 1. The average Bonchev–Trinajstić information content (AvgIpc) is 3.14. The number of carbonyl (C=O) groups is 1. The first kappa shape index (κ1) is 26.9. The second-order valence-electron chi connectivity index (χ2n) is 9.58. The molecule has 0 spiro atoms. The number of ether oxygens (including phenoxy) is 4. The molecule has 2 fully saturated rings. The molecule has 1 N–H and O–H groups in total. The van der Waals surface area contributed by atoms with Gasteiger partial charge in [-0.1, -0.05) is 35.9 Å². The first-order chi connectivity index (χ1) is 16.9. The molecule has 1 amide bonds. The standard InChI is InChI=1S/C26H29ClF3NO5/c1-24(2)35-21-13-25(23(32)31-3,34-15-17-5-4-6-19(27)11-17)12-20(22(21)36-24)33-14-16-7-9-18(10-8-16)26(28,29)30/h4-11,20-22H,12-15H2,1-3H3,(H,31,32)/t20?,21-,22+,25-/m1/s1. The summed E-state index contributed by atoms with van der Waals surface area (Å²) in [7, 11) is 1.53. The van der Waals surface area contributed by atoms with Gasteiger partial charge in [0.1, 0.15) is 6.10 Å². The van der Waals surface area contributed by atoms with Gasteiger partial charge in [0, 0.05) is 24.9 Å². The third-order valence-electron chi connectivity index (χ3n) is 6.44. The van der Waals surface area contributed by atoms with E-state index >= 15 is 0 Å². The van der Waals surface area contributed by atoms with Crippen LogP contribution < -0.4 is 5.32 Å². The van der Waals surface area contributed by atoms with Crippen molar-refractivity contribution in [2.24, 2.45) is 0 Å². The molecule has 1 saturated carbocycles. The highest BCUT2D eigenvalue weighted by molar-refractivity contribution is 6.30. The Hall–Kier alpha value is -2.17. The summed E-state index contributed by atoms with van der Waals surface area (Å²) >= 11 is 6.10. The topological polar surface area (TPSA) is 66.0 Å². The maximum Gasteiger partial charge on any atom is 0.416 e. The number of nitrogens with one attached hydrogen (secondary N) is 1. The largest absolute Gasteiger partial charge is 0.416 e. The lowest BCUT2D eigenvalue weighted by Gasteiger charge is -2.43. The Morgan fingerprint density at radius 3 is 2.44 bits per heavy atom. The molecule has 4 rings (SSSR count). The number of hydrogen-bond acceptors (Lipinski definition) is 5. The zero-order chi connectivity index (χ0) is 26.1. The molecule has 2 aromatic rings. The molecule has 36 heavy (non-hydrogen) atoms. The Bertz CT molecular complexity index is 1080. The van der Waals surface area contributed by atoms with Crippen LogP contribution in [0.5, 0.6) is 0 Å². The van der Waals surface area contributed by atoms with Crippen molar-refractivity contribution >= 4 is 17.5 Å². The Balaban J connectivity index is 1.55. The first-order valence-corrected chi connectivity index (χ1v) is 12.0. The SMILES string of the molecule is CNC(=O)[C@@]1(OCc2cccc(Cl)c2)CC(OCc2ccc(C(F)(F)F)cc2)[C@@H]2OC(C)(C)O[C@@H]2C1. The van der Waals surface area contributed by atoms with Gasteiger partial charge in [0.05, 0.1) is 31.0 Å². The lowest BCUT2D eigenvalue weighted by molar-refractivity contribution is -0.183. The molecule has 0 aromatic heterocycles. The van der Waals surface area contributed by atoms with E-state index in [4.69, 9.17) is 30.5 Å². The number of alkyl halides is 3. The maximum atomic E-state index is 13.2. The molecule has 0 radical (unpaired) electrons. The second-order valence-corrected chi connectivity index (χ2v) is 10.0. The summed E-state index contributed by atoms with van der Waals surface area (Å²) in [6.07, 6.45) is -5.55. The molecule has 1 saturated heterocycles. The molecular weight excluding hydrogens is 499 g/mol. The second kappa shape index (κ2) is 10.3. The molecule has 1 unspecified atom stereocenters. The van der Waals surface area contributed by atoms with Crippen LogP contribution in [0.1, 0.15) is 43.4 Å². The van der Waals surface area contributed by atoms with Gasteiger partial charge in [-0.05, 0) is 49.2 Å². The third kappa shape index (κ3) is 6.03. The minimum Gasteiger partial charge on any atom is -0.371 e. The number of halogens is 4. The number of carbonyl (C=O) groups excluding carboxylic acids is 1. The first-order valence-electron chi connectivity index (χ1n) is 11.6. The summed E-state index contributed by atoms with van der Waals surface area (Å²) in [4.78, 5) is 13.2. The molecule has 1 aliphatic carbocycles. The predicted octanol–water partition coefficient (Wildman–Crippen LogP) is 5.26. The molecule has 2 aromatic carbocycles. The van der Waals surface area contributed by atoms with E-state index in [1.54, 1.807) is 32.0 Å². The number of hydrogen-bond donors (Lipinski definition) is 1. The van der Waals surface area contributed by atoms with Crippen molar-refractivity contribution in [2.45, 2.75) is 75.8 Å². The van der Waals surface area contributed by atoms with Gasteiger partial charge in [0.25, 0.3) is 5.91 Å². The third-order valence-corrected chi connectivity index (χ3v) is 6.68. The van der Waals surface area contributed by atoms with Gasteiger partial charge < -0.3 is 24.3 Å². The molecule has 2 aliphatic rings. The van der Waals surface area contributed by atoms with E-state index in [9.17, 15) is 18.0 Å². The highest BCUT2D eigenvalue weighted by Gasteiger charge is 2.57. The van der Waals surface area contributed by atoms with E-state index in [-0.39, 0.29) is 32.0 Å². The van der Waals surface area contributed by atoms with Crippen molar-refractivity contribution in [3.63, 3.8) is 0 Å². The van der Waals surface area contributed by atoms with Crippen LogP contribution in [0.3, 0.4) is 0 Å². The van der Waals surface area contributed by atoms with E-state index in [1.165, 1.54) is 19.2 Å². The minimum absolute atomic E-state index is 0.0356. The van der Waals surface area contributed by atoms with Crippen LogP contribution in [-0.2, 0) is 43.1 Å². The summed E-state index contributed by atoms with van der Waals surface area (Å²) in [5, 5.41) is 3.25. The van der Waals surface area contributed by atoms with Crippen LogP contribution in [0.4, 0.5) is 13.2 Å². The average molecular weight is 528 g/mol. The molecule has 196 valence electrons. The summed E-state index contributed by atoms with van der Waals surface area (Å²) in [5.41, 5.74) is -0.633. The van der Waals surface area contributed by atoms with E-state index in [0.29, 0.717) is 10.6 Å². The van der Waals surface area contributed by atoms with Crippen LogP contribution in [0.2, 0.25) is 5.02 Å². The summed E-state index contributed by atoms with van der Waals surface area (Å²) < 4.78 is 63.3. The van der Waals surface area contributed by atoms with E-state index in [0.717, 1.165) is 17.7 Å². The number of benzene rings is 2. The fourth-order valence-electron chi connectivity index (χ4n) is 4.78. The zero-order valence-corrected chi connectivity index (χ0v) is 21.0. The van der Waals surface area contributed by atoms with Gasteiger partial charge in [-0.2, -0.15) is 13.2 Å². The maximum absolute atomic E-state index is 13.2. The Labute approximate surface area is 213 Å². The van der Waals surface area contributed by atoms with E-state index in [2.05, 4.69) is 5.32 Å². The van der Waals surface area contributed by atoms with Gasteiger partial charge in [-0.25, -0.2) is 0 Å². The van der Waals surface area contributed by atoms with Crippen LogP contribution in [-0.4, -0.2) is 42.7 Å². The number of rotatable bonds is 7. The Kier molecular flexibility index (Phi) is 7.69. The molecule has 4 atom stereocenters. The Morgan fingerprint density at radius 2 is 1.81 bits per heavy atom. The molecule has 1 heterocycles. The van der Waals surface area contributed by atoms with Crippen molar-refractivity contribution < 1.29 is 36.9 Å². The fraction of sp³-hybridized carbons (Fsp3) is 0.500. The molecule has 1 aliphatic heterocycles. The lowest BCUT2D eigenvalue weighted by atomic mass is 9.78. The van der Waals surface area contributed by atoms with E-state index < -0.39 is 41.4 Å². The smallest absolute Gasteiger partial charge is 0.371 e. The van der Waals surface area contributed by atoms with E-state index in [1.807, 2.05) is 6.07 Å². The molecule has 6 nitrogen and oxygen atoms in total. The van der Waals surface area contributed by atoms with Crippen molar-refractivity contribution in [2.75, 3.05) is 7.05 Å². The highest BCUT2D eigenvalue weighted by Crippen LogP contribution is 2.44. The summed E-state index contributed by atoms with van der Waals surface area (Å²) in [6.45, 7) is 3.74. The normalized spacial score (nSPS) is 27.5.